The highest BCUT2D eigenvalue weighted by atomic mass is 32.2. The summed E-state index contributed by atoms with van der Waals surface area (Å²) in [5.41, 5.74) is 1.34. The molecule has 0 unspecified atom stereocenters. The third kappa shape index (κ3) is 4.32. The molecule has 106 valence electrons. The van der Waals surface area contributed by atoms with E-state index in [2.05, 4.69) is 36.5 Å². The molecule has 3 nitrogen and oxygen atoms in total. The van der Waals surface area contributed by atoms with Gasteiger partial charge in [0.15, 0.2) is 9.84 Å². The topological polar surface area (TPSA) is 46.2 Å². The second-order valence-electron chi connectivity index (χ2n) is 5.58. The van der Waals surface area contributed by atoms with E-state index in [1.807, 2.05) is 6.07 Å². The van der Waals surface area contributed by atoms with Gasteiger partial charge in [-0.15, -0.1) is 0 Å². The molecule has 0 aromatic heterocycles. The Morgan fingerprint density at radius 1 is 1.32 bits per heavy atom. The van der Waals surface area contributed by atoms with E-state index >= 15 is 0 Å². The zero-order chi connectivity index (χ0) is 13.7. The maximum atomic E-state index is 11.7. The van der Waals surface area contributed by atoms with E-state index in [9.17, 15) is 8.42 Å². The van der Waals surface area contributed by atoms with Crippen LogP contribution in [0.2, 0.25) is 0 Å². The quantitative estimate of drug-likeness (QED) is 0.868. The number of rotatable bonds is 6. The Hall–Kier alpha value is -0.870. The minimum Gasteiger partial charge on any atom is -0.315 e. The first-order chi connectivity index (χ1) is 9.08. The Balaban J connectivity index is 1.71. The SMILES string of the molecule is C[C@H](CNC[C@@H]1CCCS1(=O)=O)Cc1ccccc1. The summed E-state index contributed by atoms with van der Waals surface area (Å²) in [6.45, 7) is 3.69. The van der Waals surface area contributed by atoms with Crippen molar-refractivity contribution in [3.63, 3.8) is 0 Å². The lowest BCUT2D eigenvalue weighted by atomic mass is 10.0. The van der Waals surface area contributed by atoms with Crippen molar-refractivity contribution in [1.82, 2.24) is 5.32 Å². The second kappa shape index (κ2) is 6.53. The molecule has 0 radical (unpaired) electrons. The van der Waals surface area contributed by atoms with E-state index in [0.717, 1.165) is 25.8 Å². The van der Waals surface area contributed by atoms with Crippen LogP contribution >= 0.6 is 0 Å². The lowest BCUT2D eigenvalue weighted by molar-refractivity contribution is 0.500. The van der Waals surface area contributed by atoms with Crippen LogP contribution in [0.5, 0.6) is 0 Å². The van der Waals surface area contributed by atoms with Gasteiger partial charge in [-0.25, -0.2) is 8.42 Å². The highest BCUT2D eigenvalue weighted by Crippen LogP contribution is 2.19. The summed E-state index contributed by atoms with van der Waals surface area (Å²) in [6.07, 6.45) is 2.68. The largest absolute Gasteiger partial charge is 0.315 e. The molecule has 19 heavy (non-hydrogen) atoms. The zero-order valence-corrected chi connectivity index (χ0v) is 12.3. The molecule has 0 spiro atoms. The highest BCUT2D eigenvalue weighted by molar-refractivity contribution is 7.92. The van der Waals surface area contributed by atoms with E-state index < -0.39 is 9.84 Å². The van der Waals surface area contributed by atoms with E-state index in [1.54, 1.807) is 0 Å². The Kier molecular flexibility index (Phi) is 4.99. The summed E-state index contributed by atoms with van der Waals surface area (Å²) < 4.78 is 23.4. The van der Waals surface area contributed by atoms with Gasteiger partial charge in [0.1, 0.15) is 0 Å². The van der Waals surface area contributed by atoms with Gasteiger partial charge in [0, 0.05) is 6.54 Å². The average Bonchev–Trinajstić information content (AvgIpc) is 2.70. The van der Waals surface area contributed by atoms with Crippen LogP contribution < -0.4 is 5.32 Å². The standard InChI is InChI=1S/C15H23NO2S/c1-13(10-14-6-3-2-4-7-14)11-16-12-15-8-5-9-19(15,17)18/h2-4,6-7,13,15-16H,5,8-12H2,1H3/t13-,15-/m0/s1. The van der Waals surface area contributed by atoms with Gasteiger partial charge < -0.3 is 5.32 Å². The van der Waals surface area contributed by atoms with Crippen LogP contribution in [0.4, 0.5) is 0 Å². The van der Waals surface area contributed by atoms with E-state index in [0.29, 0.717) is 18.2 Å². The first-order valence-corrected chi connectivity index (χ1v) is 8.75. The number of benzene rings is 1. The fourth-order valence-electron chi connectivity index (χ4n) is 2.67. The van der Waals surface area contributed by atoms with Gasteiger partial charge in [-0.2, -0.15) is 0 Å². The summed E-state index contributed by atoms with van der Waals surface area (Å²) in [5.74, 6) is 0.894. The maximum absolute atomic E-state index is 11.7. The number of sulfone groups is 1. The van der Waals surface area contributed by atoms with Gasteiger partial charge in [-0.3, -0.25) is 0 Å². The molecule has 0 saturated carbocycles. The van der Waals surface area contributed by atoms with Gasteiger partial charge >= 0.3 is 0 Å². The summed E-state index contributed by atoms with van der Waals surface area (Å²) in [7, 11) is -2.81. The van der Waals surface area contributed by atoms with Crippen molar-refractivity contribution in [2.24, 2.45) is 5.92 Å². The Morgan fingerprint density at radius 2 is 2.05 bits per heavy atom. The van der Waals surface area contributed by atoms with E-state index in [1.165, 1.54) is 5.56 Å². The minimum absolute atomic E-state index is 0.156. The maximum Gasteiger partial charge on any atom is 0.154 e. The molecule has 2 rings (SSSR count). The van der Waals surface area contributed by atoms with E-state index in [4.69, 9.17) is 0 Å². The molecule has 0 aliphatic carbocycles. The third-order valence-electron chi connectivity index (χ3n) is 3.75. The predicted octanol–water partition coefficient (Wildman–Crippen LogP) is 2.03. The van der Waals surface area contributed by atoms with Crippen molar-refractivity contribution >= 4 is 9.84 Å². The molecular weight excluding hydrogens is 258 g/mol. The normalized spacial score (nSPS) is 23.3. The Morgan fingerprint density at radius 3 is 2.68 bits per heavy atom. The van der Waals surface area contributed by atoms with Gasteiger partial charge in [0.2, 0.25) is 0 Å². The lowest BCUT2D eigenvalue weighted by Crippen LogP contribution is -2.33. The Bertz CT molecular complexity index is 484. The highest BCUT2D eigenvalue weighted by Gasteiger charge is 2.30. The molecule has 1 aliphatic rings. The molecule has 1 aromatic rings. The van der Waals surface area contributed by atoms with Crippen LogP contribution in [-0.4, -0.2) is 32.5 Å². The number of nitrogens with one attached hydrogen (secondary N) is 1. The fourth-order valence-corrected chi connectivity index (χ4v) is 4.47. The molecular formula is C15H23NO2S. The second-order valence-corrected chi connectivity index (χ2v) is 7.99. The molecule has 1 aliphatic heterocycles. The van der Waals surface area contributed by atoms with Crippen molar-refractivity contribution < 1.29 is 8.42 Å². The number of hydrogen-bond acceptors (Lipinski definition) is 3. The molecule has 2 atom stereocenters. The van der Waals surface area contributed by atoms with Crippen LogP contribution in [0.15, 0.2) is 30.3 Å². The predicted molar refractivity (Wildman–Crippen MR) is 79.0 cm³/mol. The van der Waals surface area contributed by atoms with Crippen LogP contribution in [-0.2, 0) is 16.3 Å². The van der Waals surface area contributed by atoms with Crippen LogP contribution in [0.25, 0.3) is 0 Å². The van der Waals surface area contributed by atoms with Crippen LogP contribution in [0, 0.1) is 5.92 Å². The van der Waals surface area contributed by atoms with E-state index in [-0.39, 0.29) is 5.25 Å². The van der Waals surface area contributed by atoms with Gasteiger partial charge in [0.25, 0.3) is 0 Å². The summed E-state index contributed by atoms with van der Waals surface area (Å²) in [4.78, 5) is 0. The molecule has 1 saturated heterocycles. The van der Waals surface area contributed by atoms with Gasteiger partial charge in [0.05, 0.1) is 11.0 Å². The number of hydrogen-bond donors (Lipinski definition) is 1. The van der Waals surface area contributed by atoms with Crippen molar-refractivity contribution in [3.05, 3.63) is 35.9 Å². The molecule has 0 amide bonds. The molecule has 1 N–H and O–H groups in total. The molecule has 0 bridgehead atoms. The van der Waals surface area contributed by atoms with Crippen molar-refractivity contribution in [2.45, 2.75) is 31.4 Å². The average molecular weight is 281 g/mol. The van der Waals surface area contributed by atoms with Gasteiger partial charge in [-0.1, -0.05) is 37.3 Å². The molecule has 1 heterocycles. The summed E-state index contributed by atoms with van der Waals surface area (Å²) in [5, 5.41) is 3.17. The van der Waals surface area contributed by atoms with Crippen molar-refractivity contribution in [1.29, 1.82) is 0 Å². The van der Waals surface area contributed by atoms with Crippen LogP contribution in [0.1, 0.15) is 25.3 Å². The third-order valence-corrected chi connectivity index (χ3v) is 6.03. The molecule has 4 heteroatoms. The first kappa shape index (κ1) is 14.5. The zero-order valence-electron chi connectivity index (χ0n) is 11.5. The summed E-state index contributed by atoms with van der Waals surface area (Å²) >= 11 is 0. The fraction of sp³-hybridized carbons (Fsp3) is 0.600. The monoisotopic (exact) mass is 281 g/mol. The summed E-state index contributed by atoms with van der Waals surface area (Å²) in [6, 6.07) is 10.4. The minimum atomic E-state index is -2.81. The molecule has 1 fully saturated rings. The van der Waals surface area contributed by atoms with Gasteiger partial charge in [-0.05, 0) is 37.3 Å². The van der Waals surface area contributed by atoms with Crippen molar-refractivity contribution in [2.75, 3.05) is 18.8 Å². The first-order valence-electron chi connectivity index (χ1n) is 7.04. The lowest BCUT2D eigenvalue weighted by Gasteiger charge is -2.15. The van der Waals surface area contributed by atoms with Crippen molar-refractivity contribution in [3.8, 4) is 0 Å². The van der Waals surface area contributed by atoms with Crippen LogP contribution in [0.3, 0.4) is 0 Å². The Labute approximate surface area is 116 Å². The molecule has 1 aromatic carbocycles. The smallest absolute Gasteiger partial charge is 0.154 e.